The van der Waals surface area contributed by atoms with Crippen molar-refractivity contribution in [3.8, 4) is 16.1 Å². The van der Waals surface area contributed by atoms with Gasteiger partial charge in [0.25, 0.3) is 5.56 Å². The predicted octanol–water partition coefficient (Wildman–Crippen LogP) is 5.26. The van der Waals surface area contributed by atoms with Crippen molar-refractivity contribution in [3.63, 3.8) is 0 Å². The van der Waals surface area contributed by atoms with Gasteiger partial charge in [0.1, 0.15) is 4.70 Å². The molecule has 29 heavy (non-hydrogen) atoms. The second-order valence-corrected chi connectivity index (χ2v) is 8.27. The average molecular weight is 440 g/mol. The maximum absolute atomic E-state index is 13.3. The van der Waals surface area contributed by atoms with Gasteiger partial charge < -0.3 is 4.98 Å². The molecule has 0 aliphatic carbocycles. The zero-order chi connectivity index (χ0) is 20.1. The van der Waals surface area contributed by atoms with Gasteiger partial charge in [-0.05, 0) is 18.2 Å². The third-order valence-corrected chi connectivity index (χ3v) is 6.44. The first-order chi connectivity index (χ1) is 14.0. The Morgan fingerprint density at radius 3 is 2.52 bits per heavy atom. The van der Waals surface area contributed by atoms with E-state index in [1.54, 1.807) is 30.5 Å². The summed E-state index contributed by atoms with van der Waals surface area (Å²) in [5.41, 5.74) is 0.564. The lowest BCUT2D eigenvalue weighted by Crippen LogP contribution is -2.33. The van der Waals surface area contributed by atoms with E-state index in [4.69, 9.17) is 23.2 Å². The lowest BCUT2D eigenvalue weighted by atomic mass is 10.1. The second-order valence-electron chi connectivity index (χ2n) is 6.40. The van der Waals surface area contributed by atoms with Crippen LogP contribution in [0.5, 0.6) is 0 Å². The fourth-order valence-corrected chi connectivity index (χ4v) is 5.19. The van der Waals surface area contributed by atoms with Crippen molar-refractivity contribution in [1.82, 2.24) is 14.5 Å². The number of fused-ring (bicyclic) bond motifs is 2. The molecule has 1 N–H and O–H groups in total. The van der Waals surface area contributed by atoms with Crippen molar-refractivity contribution in [2.24, 2.45) is 0 Å². The monoisotopic (exact) mass is 439 g/mol. The zero-order valence-electron chi connectivity index (χ0n) is 14.6. The van der Waals surface area contributed by atoms with Gasteiger partial charge in [0, 0.05) is 27.4 Å². The van der Waals surface area contributed by atoms with Crippen LogP contribution in [-0.4, -0.2) is 14.5 Å². The zero-order valence-corrected chi connectivity index (χ0v) is 17.0. The van der Waals surface area contributed by atoms with E-state index in [0.29, 0.717) is 36.4 Å². The molecule has 5 aromatic rings. The first-order valence-electron chi connectivity index (χ1n) is 8.61. The number of H-pyrrole nitrogens is 1. The second kappa shape index (κ2) is 6.84. The normalized spacial score (nSPS) is 11.4. The summed E-state index contributed by atoms with van der Waals surface area (Å²) in [7, 11) is 0. The highest BCUT2D eigenvalue weighted by molar-refractivity contribution is 7.22. The standard InChI is InChI=1S/C21H11Cl2N3O2S/c22-13-6-3-7-14(23)18(13)17-8-15-19(29-17)20(27)26(21(28)25-15)16-10-24-9-11-4-1-2-5-12(11)16/h1-10H,(H,25,28). The van der Waals surface area contributed by atoms with Crippen molar-refractivity contribution in [2.45, 2.75) is 0 Å². The average Bonchev–Trinajstić information content (AvgIpc) is 3.12. The Morgan fingerprint density at radius 2 is 1.72 bits per heavy atom. The molecule has 0 saturated heterocycles. The number of nitrogens with zero attached hydrogens (tertiary/aromatic N) is 2. The summed E-state index contributed by atoms with van der Waals surface area (Å²) in [5.74, 6) is 0. The van der Waals surface area contributed by atoms with E-state index in [1.165, 1.54) is 17.5 Å². The van der Waals surface area contributed by atoms with Crippen LogP contribution in [0.4, 0.5) is 0 Å². The molecular weight excluding hydrogens is 429 g/mol. The summed E-state index contributed by atoms with van der Waals surface area (Å²) in [6.45, 7) is 0. The molecule has 3 aromatic heterocycles. The van der Waals surface area contributed by atoms with E-state index < -0.39 is 11.2 Å². The molecule has 0 bridgehead atoms. The highest BCUT2D eigenvalue weighted by Gasteiger charge is 2.17. The van der Waals surface area contributed by atoms with Crippen molar-refractivity contribution in [3.05, 3.63) is 91.8 Å². The van der Waals surface area contributed by atoms with E-state index in [-0.39, 0.29) is 0 Å². The third-order valence-electron chi connectivity index (χ3n) is 4.67. The molecule has 0 spiro atoms. The number of pyridine rings is 1. The fourth-order valence-electron chi connectivity index (χ4n) is 3.36. The Labute approximate surface area is 177 Å². The van der Waals surface area contributed by atoms with Crippen LogP contribution in [0.3, 0.4) is 0 Å². The summed E-state index contributed by atoms with van der Waals surface area (Å²) in [5, 5.41) is 2.56. The van der Waals surface area contributed by atoms with E-state index in [1.807, 2.05) is 24.3 Å². The molecule has 0 fully saturated rings. The first kappa shape index (κ1) is 18.1. The minimum Gasteiger partial charge on any atom is -0.306 e. The van der Waals surface area contributed by atoms with Crippen LogP contribution < -0.4 is 11.2 Å². The van der Waals surface area contributed by atoms with Crippen LogP contribution in [0, 0.1) is 0 Å². The number of rotatable bonds is 2. The third kappa shape index (κ3) is 2.88. The minimum absolute atomic E-state index is 0.406. The molecule has 3 heterocycles. The Balaban J connectivity index is 1.82. The molecule has 0 atom stereocenters. The number of benzene rings is 2. The van der Waals surface area contributed by atoms with Crippen molar-refractivity contribution >= 4 is 55.5 Å². The van der Waals surface area contributed by atoms with E-state index >= 15 is 0 Å². The van der Waals surface area contributed by atoms with Crippen LogP contribution in [-0.2, 0) is 0 Å². The van der Waals surface area contributed by atoms with Crippen molar-refractivity contribution in [1.29, 1.82) is 0 Å². The van der Waals surface area contributed by atoms with E-state index in [0.717, 1.165) is 15.3 Å². The Hall–Kier alpha value is -2.93. The Kier molecular flexibility index (Phi) is 4.28. The SMILES string of the molecule is O=c1[nH]c2cc(-c3c(Cl)cccc3Cl)sc2c(=O)n1-c1cncc2ccccc12. The largest absolute Gasteiger partial charge is 0.333 e. The molecule has 5 rings (SSSR count). The number of nitrogens with one attached hydrogen (secondary N) is 1. The van der Waals surface area contributed by atoms with Gasteiger partial charge in [-0.25, -0.2) is 9.36 Å². The molecular formula is C21H11Cl2N3O2S. The van der Waals surface area contributed by atoms with E-state index in [2.05, 4.69) is 9.97 Å². The van der Waals surface area contributed by atoms with Gasteiger partial charge in [-0.1, -0.05) is 53.5 Å². The van der Waals surface area contributed by atoms with Crippen molar-refractivity contribution < 1.29 is 0 Å². The number of thiophene rings is 1. The number of hydrogen-bond acceptors (Lipinski definition) is 4. The van der Waals surface area contributed by atoms with Gasteiger partial charge in [0.2, 0.25) is 0 Å². The van der Waals surface area contributed by atoms with Crippen LogP contribution in [0.25, 0.3) is 37.1 Å². The molecule has 8 heteroatoms. The summed E-state index contributed by atoms with van der Waals surface area (Å²) < 4.78 is 1.52. The number of aromatic amines is 1. The summed E-state index contributed by atoms with van der Waals surface area (Å²) in [6, 6.07) is 14.4. The molecule has 2 aromatic carbocycles. The first-order valence-corrected chi connectivity index (χ1v) is 10.2. The van der Waals surface area contributed by atoms with Crippen LogP contribution >= 0.6 is 34.5 Å². The highest BCUT2D eigenvalue weighted by Crippen LogP contribution is 2.39. The lowest BCUT2D eigenvalue weighted by molar-refractivity contribution is 0.905. The van der Waals surface area contributed by atoms with Gasteiger partial charge in [0.15, 0.2) is 0 Å². The van der Waals surface area contributed by atoms with Crippen LogP contribution in [0.1, 0.15) is 0 Å². The van der Waals surface area contributed by atoms with Crippen molar-refractivity contribution in [2.75, 3.05) is 0 Å². The molecule has 0 aliphatic rings. The van der Waals surface area contributed by atoms with Crippen LogP contribution in [0.15, 0.2) is 70.5 Å². The Bertz CT molecular complexity index is 1510. The number of aromatic nitrogens is 3. The molecule has 0 amide bonds. The fraction of sp³-hybridized carbons (Fsp3) is 0. The summed E-state index contributed by atoms with van der Waals surface area (Å²) in [4.78, 5) is 33.8. The maximum Gasteiger partial charge on any atom is 0.333 e. The molecule has 0 saturated carbocycles. The quantitative estimate of drug-likeness (QED) is 0.407. The predicted molar refractivity (Wildman–Crippen MR) is 119 cm³/mol. The molecule has 0 unspecified atom stereocenters. The van der Waals surface area contributed by atoms with Crippen LogP contribution in [0.2, 0.25) is 10.0 Å². The van der Waals surface area contributed by atoms with Gasteiger partial charge in [-0.15, -0.1) is 11.3 Å². The number of halogens is 2. The van der Waals surface area contributed by atoms with E-state index in [9.17, 15) is 9.59 Å². The lowest BCUT2D eigenvalue weighted by Gasteiger charge is -2.07. The molecule has 0 aliphatic heterocycles. The summed E-state index contributed by atoms with van der Waals surface area (Å²) in [6.07, 6.45) is 3.21. The summed E-state index contributed by atoms with van der Waals surface area (Å²) >= 11 is 13.9. The molecule has 0 radical (unpaired) electrons. The smallest absolute Gasteiger partial charge is 0.306 e. The van der Waals surface area contributed by atoms with Gasteiger partial charge in [0.05, 0.1) is 27.4 Å². The molecule has 5 nitrogen and oxygen atoms in total. The highest BCUT2D eigenvalue weighted by atomic mass is 35.5. The number of hydrogen-bond donors (Lipinski definition) is 1. The maximum atomic E-state index is 13.3. The van der Waals surface area contributed by atoms with Gasteiger partial charge in [-0.3, -0.25) is 9.78 Å². The van der Waals surface area contributed by atoms with Gasteiger partial charge in [-0.2, -0.15) is 0 Å². The molecule has 142 valence electrons. The van der Waals surface area contributed by atoms with Gasteiger partial charge >= 0.3 is 5.69 Å². The Morgan fingerprint density at radius 1 is 0.966 bits per heavy atom. The topological polar surface area (TPSA) is 67.8 Å². The minimum atomic E-state index is -0.532.